The van der Waals surface area contributed by atoms with Crippen LogP contribution in [0.5, 0.6) is 0 Å². The molecule has 9 heteroatoms. The highest BCUT2D eigenvalue weighted by atomic mass is 35.5. The molecule has 0 aliphatic heterocycles. The van der Waals surface area contributed by atoms with Gasteiger partial charge in [-0.1, -0.05) is 65.0 Å². The third-order valence-corrected chi connectivity index (χ3v) is 7.93. The Morgan fingerprint density at radius 2 is 1.74 bits per heavy atom. The molecule has 0 saturated carbocycles. The van der Waals surface area contributed by atoms with Gasteiger partial charge in [0, 0.05) is 22.4 Å². The van der Waals surface area contributed by atoms with E-state index in [2.05, 4.69) is 29.3 Å². The fourth-order valence-corrected chi connectivity index (χ4v) is 6.03. The summed E-state index contributed by atoms with van der Waals surface area (Å²) < 4.78 is 4.75. The molecule has 6 aromatic rings. The van der Waals surface area contributed by atoms with Crippen molar-refractivity contribution in [2.75, 3.05) is 0 Å². The minimum absolute atomic E-state index is 0.0785. The minimum Gasteiger partial charge on any atom is -0.270 e. The third-order valence-electron chi connectivity index (χ3n) is 5.69. The van der Waals surface area contributed by atoms with Gasteiger partial charge in [-0.2, -0.15) is 0 Å². The van der Waals surface area contributed by atoms with Gasteiger partial charge in [-0.05, 0) is 55.0 Å². The highest BCUT2D eigenvalue weighted by Gasteiger charge is 2.18. The van der Waals surface area contributed by atoms with Crippen molar-refractivity contribution in [2.45, 2.75) is 17.8 Å². The van der Waals surface area contributed by atoms with Gasteiger partial charge in [0.25, 0.3) is 5.56 Å². The maximum atomic E-state index is 12.9. The lowest BCUT2D eigenvalue weighted by Crippen LogP contribution is -2.13. The summed E-state index contributed by atoms with van der Waals surface area (Å²) in [4.78, 5) is 18.4. The van der Waals surface area contributed by atoms with Crippen LogP contribution in [0.4, 0.5) is 0 Å². The van der Waals surface area contributed by atoms with Crippen molar-refractivity contribution in [3.05, 3.63) is 105 Å². The van der Waals surface area contributed by atoms with Crippen LogP contribution in [0.2, 0.25) is 5.02 Å². The molecule has 0 spiro atoms. The van der Waals surface area contributed by atoms with E-state index in [0.29, 0.717) is 21.4 Å². The normalized spacial score (nSPS) is 11.5. The standard InChI is InChI=1S/C26H18ClN5OS2/c1-16-6-2-3-7-20(16)32-24(17-10-12-18(27)13-11-17)29-30-26(32)34-15-19-14-23(33)31-21-8-4-5-9-22(21)35-25(31)28-19/h2-14H,15H2,1H3. The summed E-state index contributed by atoms with van der Waals surface area (Å²) in [6.07, 6.45) is 0. The number of rotatable bonds is 5. The van der Waals surface area contributed by atoms with E-state index < -0.39 is 0 Å². The number of hydrogen-bond acceptors (Lipinski definition) is 6. The first-order valence-electron chi connectivity index (χ1n) is 10.9. The largest absolute Gasteiger partial charge is 0.270 e. The lowest BCUT2D eigenvalue weighted by molar-refractivity contribution is 0.879. The average molecular weight is 516 g/mol. The zero-order chi connectivity index (χ0) is 23.9. The Hall–Kier alpha value is -3.46. The molecule has 6 rings (SSSR count). The first kappa shape index (κ1) is 22.0. The average Bonchev–Trinajstić information content (AvgIpc) is 3.45. The van der Waals surface area contributed by atoms with Crippen LogP contribution in [0, 0.1) is 6.92 Å². The number of halogens is 1. The van der Waals surface area contributed by atoms with Gasteiger partial charge in [0.1, 0.15) is 0 Å². The van der Waals surface area contributed by atoms with Gasteiger partial charge in [-0.3, -0.25) is 13.8 Å². The van der Waals surface area contributed by atoms with E-state index >= 15 is 0 Å². The maximum absolute atomic E-state index is 12.9. The van der Waals surface area contributed by atoms with Gasteiger partial charge >= 0.3 is 0 Å². The maximum Gasteiger partial charge on any atom is 0.259 e. The number of thiazole rings is 1. The van der Waals surface area contributed by atoms with Crippen molar-refractivity contribution in [3.63, 3.8) is 0 Å². The van der Waals surface area contributed by atoms with Gasteiger partial charge in [0.15, 0.2) is 15.9 Å². The topological polar surface area (TPSA) is 65.1 Å². The third kappa shape index (κ3) is 4.03. The molecule has 3 aromatic heterocycles. The van der Waals surface area contributed by atoms with Gasteiger partial charge in [-0.25, -0.2) is 4.98 Å². The zero-order valence-electron chi connectivity index (χ0n) is 18.6. The van der Waals surface area contributed by atoms with E-state index in [4.69, 9.17) is 16.6 Å². The molecule has 0 bridgehead atoms. The van der Waals surface area contributed by atoms with E-state index in [1.807, 2.05) is 65.2 Å². The molecular formula is C26H18ClN5OS2. The number of hydrogen-bond donors (Lipinski definition) is 0. The molecule has 3 heterocycles. The Morgan fingerprint density at radius 3 is 2.57 bits per heavy atom. The Labute approximate surface area is 213 Å². The van der Waals surface area contributed by atoms with Crippen LogP contribution >= 0.6 is 34.7 Å². The van der Waals surface area contributed by atoms with Crippen LogP contribution in [0.1, 0.15) is 11.3 Å². The number of aryl methyl sites for hydroxylation is 1. The minimum atomic E-state index is -0.0785. The van der Waals surface area contributed by atoms with Crippen LogP contribution < -0.4 is 5.56 Å². The summed E-state index contributed by atoms with van der Waals surface area (Å²) in [7, 11) is 0. The van der Waals surface area contributed by atoms with E-state index in [1.54, 1.807) is 10.5 Å². The van der Waals surface area contributed by atoms with Crippen molar-refractivity contribution in [2.24, 2.45) is 0 Å². The van der Waals surface area contributed by atoms with Gasteiger partial charge in [0.05, 0.1) is 21.6 Å². The first-order chi connectivity index (χ1) is 17.1. The lowest BCUT2D eigenvalue weighted by atomic mass is 10.1. The predicted octanol–water partition coefficient (Wildman–Crippen LogP) is 6.41. The van der Waals surface area contributed by atoms with Gasteiger partial charge in [0.2, 0.25) is 0 Å². The number of para-hydroxylation sites is 2. The number of aromatic nitrogens is 5. The molecule has 6 nitrogen and oxygen atoms in total. The second kappa shape index (κ2) is 8.96. The fourth-order valence-electron chi connectivity index (χ4n) is 4.02. The second-order valence-corrected chi connectivity index (χ2v) is 10.4. The van der Waals surface area contributed by atoms with Crippen LogP contribution in [0.25, 0.3) is 32.3 Å². The van der Waals surface area contributed by atoms with Gasteiger partial charge in [-0.15, -0.1) is 10.2 Å². The van der Waals surface area contributed by atoms with E-state index in [9.17, 15) is 4.79 Å². The number of thioether (sulfide) groups is 1. The van der Waals surface area contributed by atoms with Crippen LogP contribution in [-0.4, -0.2) is 24.1 Å². The van der Waals surface area contributed by atoms with Crippen molar-refractivity contribution in [1.82, 2.24) is 24.1 Å². The molecule has 0 aliphatic rings. The van der Waals surface area contributed by atoms with Crippen LogP contribution in [0.15, 0.2) is 88.8 Å². The van der Waals surface area contributed by atoms with Gasteiger partial charge < -0.3 is 0 Å². The van der Waals surface area contributed by atoms with Crippen molar-refractivity contribution >= 4 is 49.9 Å². The Morgan fingerprint density at radius 1 is 0.971 bits per heavy atom. The molecule has 35 heavy (non-hydrogen) atoms. The van der Waals surface area contributed by atoms with E-state index in [0.717, 1.165) is 38.0 Å². The van der Waals surface area contributed by atoms with Crippen LogP contribution in [0.3, 0.4) is 0 Å². The monoisotopic (exact) mass is 515 g/mol. The summed E-state index contributed by atoms with van der Waals surface area (Å²) in [5.74, 6) is 1.22. The number of fused-ring (bicyclic) bond motifs is 3. The molecular weight excluding hydrogens is 498 g/mol. The lowest BCUT2D eigenvalue weighted by Gasteiger charge is -2.13. The number of benzene rings is 3. The summed E-state index contributed by atoms with van der Waals surface area (Å²) >= 11 is 9.12. The smallest absolute Gasteiger partial charge is 0.259 e. The van der Waals surface area contributed by atoms with Crippen molar-refractivity contribution in [1.29, 1.82) is 0 Å². The van der Waals surface area contributed by atoms with E-state index in [-0.39, 0.29) is 5.56 Å². The SMILES string of the molecule is Cc1ccccc1-n1c(SCc2cc(=O)n3c(n2)sc2ccccc23)nnc1-c1ccc(Cl)cc1. The molecule has 3 aromatic carbocycles. The quantitative estimate of drug-likeness (QED) is 0.248. The number of nitrogens with zero attached hydrogens (tertiary/aromatic N) is 5. The molecule has 172 valence electrons. The predicted molar refractivity (Wildman–Crippen MR) is 143 cm³/mol. The summed E-state index contributed by atoms with van der Waals surface area (Å²) in [5.41, 5.74) is 4.53. The van der Waals surface area contributed by atoms with Crippen LogP contribution in [-0.2, 0) is 5.75 Å². The Kier molecular flexibility index (Phi) is 5.64. The summed E-state index contributed by atoms with van der Waals surface area (Å²) in [6.45, 7) is 2.06. The molecule has 0 amide bonds. The van der Waals surface area contributed by atoms with Crippen molar-refractivity contribution in [3.8, 4) is 17.1 Å². The zero-order valence-corrected chi connectivity index (χ0v) is 20.9. The Balaban J connectivity index is 1.40. The molecule has 0 radical (unpaired) electrons. The highest BCUT2D eigenvalue weighted by Crippen LogP contribution is 2.31. The second-order valence-electron chi connectivity index (χ2n) is 8.00. The molecule has 0 atom stereocenters. The molecule has 0 saturated heterocycles. The fraction of sp³-hybridized carbons (Fsp3) is 0.0769. The first-order valence-corrected chi connectivity index (χ1v) is 13.1. The summed E-state index contributed by atoms with van der Waals surface area (Å²) in [6, 6.07) is 25.1. The molecule has 0 aliphatic carbocycles. The molecule has 0 N–H and O–H groups in total. The van der Waals surface area contributed by atoms with Crippen molar-refractivity contribution < 1.29 is 0 Å². The molecule has 0 fully saturated rings. The van der Waals surface area contributed by atoms with E-state index in [1.165, 1.54) is 23.1 Å². The summed E-state index contributed by atoms with van der Waals surface area (Å²) in [5, 5.41) is 10.4. The Bertz CT molecular complexity index is 1750. The highest BCUT2D eigenvalue weighted by molar-refractivity contribution is 7.98. The molecule has 0 unspecified atom stereocenters.